The number of carbonyl (C=O) groups is 2. The van der Waals surface area contributed by atoms with Crippen molar-refractivity contribution in [1.29, 1.82) is 0 Å². The van der Waals surface area contributed by atoms with Gasteiger partial charge in [0.15, 0.2) is 6.10 Å². The third kappa shape index (κ3) is 4.59. The third-order valence-corrected chi connectivity index (χ3v) is 3.96. The van der Waals surface area contributed by atoms with Gasteiger partial charge < -0.3 is 9.64 Å². The Kier molecular flexibility index (Phi) is 6.68. The molecule has 104 valence electrons. The molecule has 1 fully saturated rings. The van der Waals surface area contributed by atoms with E-state index in [-0.39, 0.29) is 16.7 Å². The Balaban J connectivity index is 2.35. The molecule has 4 nitrogen and oxygen atoms in total. The van der Waals surface area contributed by atoms with Gasteiger partial charge in [0, 0.05) is 13.1 Å². The van der Waals surface area contributed by atoms with E-state index in [1.807, 2.05) is 0 Å². The summed E-state index contributed by atoms with van der Waals surface area (Å²) in [5.74, 6) is -0.403. The van der Waals surface area contributed by atoms with Gasteiger partial charge in [-0.25, -0.2) is 0 Å². The number of hydrogen-bond donors (Lipinski definition) is 0. The number of unbranched alkanes of at least 4 members (excludes halogenated alkanes) is 1. The number of ether oxygens (including phenoxy) is 1. The maximum Gasteiger partial charge on any atom is 0.320 e. The average Bonchev–Trinajstić information content (AvgIpc) is 2.88. The van der Waals surface area contributed by atoms with Crippen molar-refractivity contribution < 1.29 is 14.3 Å². The average molecular weight is 320 g/mol. The first kappa shape index (κ1) is 15.5. The molecule has 0 aromatic carbocycles. The molecule has 0 N–H and O–H groups in total. The summed E-state index contributed by atoms with van der Waals surface area (Å²) in [5.41, 5.74) is 0. The molecule has 0 saturated carbocycles. The SMILES string of the molecule is CCCCC(Br)C(=O)O[C@H](C)C(=O)N1CCCC1. The summed E-state index contributed by atoms with van der Waals surface area (Å²) in [6.07, 6.45) is 4.18. The van der Waals surface area contributed by atoms with E-state index >= 15 is 0 Å². The van der Waals surface area contributed by atoms with Crippen LogP contribution in [0.3, 0.4) is 0 Å². The molecule has 1 unspecified atom stereocenters. The first-order valence-corrected chi connectivity index (χ1v) is 7.61. The monoisotopic (exact) mass is 319 g/mol. The molecule has 1 amide bonds. The molecule has 5 heteroatoms. The van der Waals surface area contributed by atoms with Crippen LogP contribution in [-0.2, 0) is 14.3 Å². The predicted octanol–water partition coefficient (Wildman–Crippen LogP) is 2.49. The van der Waals surface area contributed by atoms with Gasteiger partial charge in [0.05, 0.1) is 0 Å². The standard InChI is InChI=1S/C13H22BrNO3/c1-3-4-7-11(14)13(17)18-10(2)12(16)15-8-5-6-9-15/h10-11H,3-9H2,1-2H3/t10-,11?/m1/s1. The van der Waals surface area contributed by atoms with Gasteiger partial charge in [-0.15, -0.1) is 0 Å². The minimum absolute atomic E-state index is 0.0731. The zero-order valence-corrected chi connectivity index (χ0v) is 12.7. The van der Waals surface area contributed by atoms with E-state index in [0.717, 1.165) is 45.2 Å². The number of likely N-dealkylation sites (tertiary alicyclic amines) is 1. The Labute approximate surface area is 117 Å². The van der Waals surface area contributed by atoms with Crippen molar-refractivity contribution in [2.24, 2.45) is 0 Å². The maximum absolute atomic E-state index is 12.0. The number of carbonyl (C=O) groups excluding carboxylic acids is 2. The van der Waals surface area contributed by atoms with Crippen LogP contribution in [0.15, 0.2) is 0 Å². The van der Waals surface area contributed by atoms with Crippen molar-refractivity contribution in [2.45, 2.75) is 56.9 Å². The van der Waals surface area contributed by atoms with E-state index in [4.69, 9.17) is 4.74 Å². The minimum Gasteiger partial charge on any atom is -0.452 e. The Morgan fingerprint density at radius 3 is 2.50 bits per heavy atom. The largest absolute Gasteiger partial charge is 0.452 e. The van der Waals surface area contributed by atoms with Gasteiger partial charge in [-0.2, -0.15) is 0 Å². The molecule has 2 atom stereocenters. The van der Waals surface area contributed by atoms with Crippen LogP contribution in [0.2, 0.25) is 0 Å². The molecule has 1 aliphatic heterocycles. The van der Waals surface area contributed by atoms with Crippen LogP contribution in [0.5, 0.6) is 0 Å². The normalized spacial score (nSPS) is 18.5. The van der Waals surface area contributed by atoms with Crippen LogP contribution in [0, 0.1) is 0 Å². The molecular formula is C13H22BrNO3. The Hall–Kier alpha value is -0.580. The predicted molar refractivity (Wildman–Crippen MR) is 73.6 cm³/mol. The molecule has 1 saturated heterocycles. The van der Waals surface area contributed by atoms with Crippen LogP contribution in [0.1, 0.15) is 46.0 Å². The van der Waals surface area contributed by atoms with Crippen molar-refractivity contribution >= 4 is 27.8 Å². The van der Waals surface area contributed by atoms with Crippen LogP contribution >= 0.6 is 15.9 Å². The maximum atomic E-state index is 12.0. The highest BCUT2D eigenvalue weighted by Gasteiger charge is 2.27. The summed E-state index contributed by atoms with van der Waals surface area (Å²) in [7, 11) is 0. The lowest BCUT2D eigenvalue weighted by molar-refractivity contribution is -0.158. The van der Waals surface area contributed by atoms with Crippen molar-refractivity contribution in [1.82, 2.24) is 4.90 Å². The van der Waals surface area contributed by atoms with Crippen LogP contribution in [0.4, 0.5) is 0 Å². The van der Waals surface area contributed by atoms with E-state index in [9.17, 15) is 9.59 Å². The highest BCUT2D eigenvalue weighted by molar-refractivity contribution is 9.10. The van der Waals surface area contributed by atoms with E-state index in [1.54, 1.807) is 11.8 Å². The van der Waals surface area contributed by atoms with Crippen molar-refractivity contribution in [2.75, 3.05) is 13.1 Å². The summed E-state index contributed by atoms with van der Waals surface area (Å²) in [6.45, 7) is 5.30. The molecule has 18 heavy (non-hydrogen) atoms. The first-order chi connectivity index (χ1) is 8.56. The first-order valence-electron chi connectivity index (χ1n) is 6.69. The molecule has 0 aromatic rings. The van der Waals surface area contributed by atoms with Crippen LogP contribution in [0.25, 0.3) is 0 Å². The van der Waals surface area contributed by atoms with Gasteiger partial charge in [-0.3, -0.25) is 9.59 Å². The van der Waals surface area contributed by atoms with Gasteiger partial charge in [0.25, 0.3) is 5.91 Å². The van der Waals surface area contributed by atoms with E-state index < -0.39 is 6.10 Å². The smallest absolute Gasteiger partial charge is 0.320 e. The second-order valence-electron chi connectivity index (χ2n) is 4.72. The van der Waals surface area contributed by atoms with Gasteiger partial charge in [0.1, 0.15) is 4.83 Å². The lowest BCUT2D eigenvalue weighted by Crippen LogP contribution is -2.39. The van der Waals surface area contributed by atoms with Crippen molar-refractivity contribution in [3.05, 3.63) is 0 Å². The molecular weight excluding hydrogens is 298 g/mol. The lowest BCUT2D eigenvalue weighted by Gasteiger charge is -2.21. The quantitative estimate of drug-likeness (QED) is 0.558. The molecule has 1 aliphatic rings. The fourth-order valence-electron chi connectivity index (χ4n) is 1.99. The fraction of sp³-hybridized carbons (Fsp3) is 0.846. The Morgan fingerprint density at radius 2 is 1.94 bits per heavy atom. The Bertz CT molecular complexity index is 290. The summed E-state index contributed by atoms with van der Waals surface area (Å²) in [5, 5.41) is 0. The van der Waals surface area contributed by atoms with E-state index in [0.29, 0.717) is 0 Å². The third-order valence-electron chi connectivity index (χ3n) is 3.13. The number of rotatable bonds is 6. The highest BCUT2D eigenvalue weighted by atomic mass is 79.9. The topological polar surface area (TPSA) is 46.6 Å². The summed E-state index contributed by atoms with van der Waals surface area (Å²) >= 11 is 3.31. The zero-order valence-electron chi connectivity index (χ0n) is 11.2. The molecule has 0 spiro atoms. The second kappa shape index (κ2) is 7.77. The van der Waals surface area contributed by atoms with Crippen molar-refractivity contribution in [3.8, 4) is 0 Å². The number of alkyl halides is 1. The summed E-state index contributed by atoms with van der Waals surface area (Å²) in [4.78, 5) is 25.2. The number of amides is 1. The van der Waals surface area contributed by atoms with Gasteiger partial charge >= 0.3 is 5.97 Å². The molecule has 1 rings (SSSR count). The fourth-order valence-corrected chi connectivity index (χ4v) is 2.43. The number of halogens is 1. The number of esters is 1. The lowest BCUT2D eigenvalue weighted by atomic mass is 10.2. The van der Waals surface area contributed by atoms with Gasteiger partial charge in [-0.1, -0.05) is 35.7 Å². The van der Waals surface area contributed by atoms with E-state index in [1.165, 1.54) is 0 Å². The zero-order chi connectivity index (χ0) is 13.5. The minimum atomic E-state index is -0.669. The molecule has 0 radical (unpaired) electrons. The summed E-state index contributed by atoms with van der Waals surface area (Å²) < 4.78 is 5.21. The van der Waals surface area contributed by atoms with Crippen molar-refractivity contribution in [3.63, 3.8) is 0 Å². The summed E-state index contributed by atoms with van der Waals surface area (Å²) in [6, 6.07) is 0. The molecule has 1 heterocycles. The molecule has 0 aliphatic carbocycles. The highest BCUT2D eigenvalue weighted by Crippen LogP contribution is 2.15. The molecule has 0 bridgehead atoms. The molecule has 0 aromatic heterocycles. The second-order valence-corrected chi connectivity index (χ2v) is 5.83. The van der Waals surface area contributed by atoms with Gasteiger partial charge in [-0.05, 0) is 26.2 Å². The van der Waals surface area contributed by atoms with E-state index in [2.05, 4.69) is 22.9 Å². The number of nitrogens with zero attached hydrogens (tertiary/aromatic N) is 1. The van der Waals surface area contributed by atoms with Gasteiger partial charge in [0.2, 0.25) is 0 Å². The van der Waals surface area contributed by atoms with Crippen LogP contribution < -0.4 is 0 Å². The van der Waals surface area contributed by atoms with Crippen LogP contribution in [-0.4, -0.2) is 40.8 Å². The number of hydrogen-bond acceptors (Lipinski definition) is 3. The Morgan fingerprint density at radius 1 is 1.33 bits per heavy atom.